The molecule has 3 heteroatoms. The van der Waals surface area contributed by atoms with Gasteiger partial charge in [0.1, 0.15) is 5.54 Å². The number of benzene rings is 1. The van der Waals surface area contributed by atoms with Crippen LogP contribution in [0.15, 0.2) is 36.9 Å². The number of hydrogen-bond donors (Lipinski definition) is 2. The third kappa shape index (κ3) is 2.99. The smallest absolute Gasteiger partial charge is 0.328 e. The van der Waals surface area contributed by atoms with Crippen LogP contribution in [0, 0.1) is 0 Å². The van der Waals surface area contributed by atoms with E-state index < -0.39 is 11.5 Å². The number of nitrogens with one attached hydrogen (secondary N) is 1. The summed E-state index contributed by atoms with van der Waals surface area (Å²) in [6.07, 6.45) is 1.66. The Hall–Kier alpha value is -1.61. The molecule has 1 aromatic carbocycles. The van der Waals surface area contributed by atoms with E-state index in [4.69, 9.17) is 0 Å². The molecule has 0 fully saturated rings. The molecule has 0 spiro atoms. The van der Waals surface area contributed by atoms with Crippen LogP contribution in [0.4, 0.5) is 0 Å². The lowest BCUT2D eigenvalue weighted by Crippen LogP contribution is -2.46. The fraction of sp³-hybridized carbons (Fsp3) is 0.400. The van der Waals surface area contributed by atoms with E-state index in [0.717, 1.165) is 5.56 Å². The topological polar surface area (TPSA) is 49.3 Å². The monoisotopic (exact) mass is 247 g/mol. The number of carboxylic acids is 1. The van der Waals surface area contributed by atoms with Gasteiger partial charge in [-0.15, -0.1) is 6.58 Å². The normalized spacial score (nSPS) is 14.2. The van der Waals surface area contributed by atoms with E-state index in [1.165, 1.54) is 5.56 Å². The molecule has 0 bridgehead atoms. The summed E-state index contributed by atoms with van der Waals surface area (Å²) < 4.78 is 0. The number of rotatable bonds is 6. The molecule has 3 nitrogen and oxygen atoms in total. The molecule has 1 atom stereocenters. The molecule has 1 unspecified atom stereocenters. The largest absolute Gasteiger partial charge is 0.480 e. The van der Waals surface area contributed by atoms with Gasteiger partial charge in [0.25, 0.3) is 0 Å². The molecule has 0 saturated carbocycles. The molecule has 0 aliphatic carbocycles. The van der Waals surface area contributed by atoms with Crippen molar-refractivity contribution in [3.63, 3.8) is 0 Å². The summed E-state index contributed by atoms with van der Waals surface area (Å²) in [7, 11) is 0. The molecular weight excluding hydrogens is 226 g/mol. The maximum atomic E-state index is 11.4. The first-order chi connectivity index (χ1) is 8.41. The first kappa shape index (κ1) is 14.5. The maximum Gasteiger partial charge on any atom is 0.328 e. The Morgan fingerprint density at radius 1 is 1.44 bits per heavy atom. The zero-order valence-corrected chi connectivity index (χ0v) is 11.2. The molecule has 1 rings (SSSR count). The van der Waals surface area contributed by atoms with Crippen LogP contribution in [0.1, 0.15) is 37.8 Å². The molecule has 0 radical (unpaired) electrons. The molecule has 2 N–H and O–H groups in total. The van der Waals surface area contributed by atoms with Crippen LogP contribution in [0.25, 0.3) is 0 Å². The van der Waals surface area contributed by atoms with Crippen LogP contribution in [0.2, 0.25) is 0 Å². The Balaban J connectivity index is 3.06. The summed E-state index contributed by atoms with van der Waals surface area (Å²) in [6, 6.07) is 7.71. The van der Waals surface area contributed by atoms with Crippen LogP contribution < -0.4 is 5.32 Å². The summed E-state index contributed by atoms with van der Waals surface area (Å²) in [5, 5.41) is 12.4. The van der Waals surface area contributed by atoms with Crippen molar-refractivity contribution in [1.29, 1.82) is 0 Å². The fourth-order valence-corrected chi connectivity index (χ4v) is 1.78. The first-order valence-corrected chi connectivity index (χ1v) is 6.11. The fourth-order valence-electron chi connectivity index (χ4n) is 1.78. The lowest BCUT2D eigenvalue weighted by molar-refractivity contribution is -0.144. The quantitative estimate of drug-likeness (QED) is 0.760. The van der Waals surface area contributed by atoms with Crippen molar-refractivity contribution in [3.05, 3.63) is 48.0 Å². The van der Waals surface area contributed by atoms with Crippen molar-refractivity contribution in [1.82, 2.24) is 5.32 Å². The molecule has 1 aromatic rings. The second-order valence-corrected chi connectivity index (χ2v) is 4.88. The summed E-state index contributed by atoms with van der Waals surface area (Å²) >= 11 is 0. The molecule has 0 saturated heterocycles. The zero-order chi connectivity index (χ0) is 13.8. The van der Waals surface area contributed by atoms with Gasteiger partial charge in [0.05, 0.1) is 0 Å². The maximum absolute atomic E-state index is 11.4. The minimum atomic E-state index is -1.08. The van der Waals surface area contributed by atoms with Gasteiger partial charge < -0.3 is 5.11 Å². The van der Waals surface area contributed by atoms with Crippen molar-refractivity contribution in [3.8, 4) is 0 Å². The SMILES string of the molecule is C=CCNC(C)(C(=O)O)c1ccc(C(C)C)cc1. The standard InChI is InChI=1S/C15H21NO2/c1-5-10-16-15(4,14(17)18)13-8-6-12(7-9-13)11(2)3/h5-9,11,16H,1,10H2,2-4H3,(H,17,18). The Kier molecular flexibility index (Phi) is 4.68. The highest BCUT2D eigenvalue weighted by atomic mass is 16.4. The highest BCUT2D eigenvalue weighted by Crippen LogP contribution is 2.23. The van der Waals surface area contributed by atoms with Crippen LogP contribution in [-0.4, -0.2) is 17.6 Å². The molecular formula is C15H21NO2. The van der Waals surface area contributed by atoms with Gasteiger partial charge in [-0.1, -0.05) is 44.2 Å². The van der Waals surface area contributed by atoms with E-state index in [2.05, 4.69) is 25.7 Å². The van der Waals surface area contributed by atoms with E-state index in [-0.39, 0.29) is 0 Å². The van der Waals surface area contributed by atoms with E-state index in [1.807, 2.05) is 24.3 Å². The molecule has 0 aliphatic rings. The van der Waals surface area contributed by atoms with E-state index in [1.54, 1.807) is 13.0 Å². The molecule has 0 aromatic heterocycles. The van der Waals surface area contributed by atoms with Gasteiger partial charge in [-0.2, -0.15) is 0 Å². The Morgan fingerprint density at radius 3 is 2.39 bits per heavy atom. The predicted molar refractivity (Wildman–Crippen MR) is 73.7 cm³/mol. The summed E-state index contributed by atoms with van der Waals surface area (Å²) in [4.78, 5) is 11.4. The number of carboxylic acid groups (broad SMARTS) is 1. The molecule has 18 heavy (non-hydrogen) atoms. The van der Waals surface area contributed by atoms with Crippen LogP contribution in [-0.2, 0) is 10.3 Å². The molecule has 98 valence electrons. The third-order valence-corrected chi connectivity index (χ3v) is 3.18. The number of hydrogen-bond acceptors (Lipinski definition) is 2. The highest BCUT2D eigenvalue weighted by molar-refractivity contribution is 5.80. The van der Waals surface area contributed by atoms with Crippen molar-refractivity contribution in [2.75, 3.05) is 6.54 Å². The average molecular weight is 247 g/mol. The van der Waals surface area contributed by atoms with Gasteiger partial charge in [-0.25, -0.2) is 4.79 Å². The second kappa shape index (κ2) is 5.83. The van der Waals surface area contributed by atoms with Crippen LogP contribution in [0.5, 0.6) is 0 Å². The minimum Gasteiger partial charge on any atom is -0.480 e. The van der Waals surface area contributed by atoms with Gasteiger partial charge in [0, 0.05) is 6.54 Å². The summed E-state index contributed by atoms with van der Waals surface area (Å²) in [5.41, 5.74) is 0.875. The first-order valence-electron chi connectivity index (χ1n) is 6.11. The number of carbonyl (C=O) groups is 1. The van der Waals surface area contributed by atoms with Crippen molar-refractivity contribution in [2.45, 2.75) is 32.2 Å². The van der Waals surface area contributed by atoms with Gasteiger partial charge in [-0.05, 0) is 24.0 Å². The van der Waals surface area contributed by atoms with Gasteiger partial charge >= 0.3 is 5.97 Å². The average Bonchev–Trinajstić information content (AvgIpc) is 2.35. The minimum absolute atomic E-state index is 0.441. The molecule has 0 aliphatic heterocycles. The Morgan fingerprint density at radius 2 is 2.00 bits per heavy atom. The Bertz CT molecular complexity index is 423. The summed E-state index contributed by atoms with van der Waals surface area (Å²) in [6.45, 7) is 9.95. The van der Waals surface area contributed by atoms with E-state index >= 15 is 0 Å². The lowest BCUT2D eigenvalue weighted by atomic mass is 9.90. The molecule has 0 heterocycles. The summed E-state index contributed by atoms with van der Waals surface area (Å²) in [5.74, 6) is -0.446. The van der Waals surface area contributed by atoms with Crippen molar-refractivity contribution < 1.29 is 9.90 Å². The lowest BCUT2D eigenvalue weighted by Gasteiger charge is -2.26. The third-order valence-electron chi connectivity index (χ3n) is 3.18. The second-order valence-electron chi connectivity index (χ2n) is 4.88. The zero-order valence-electron chi connectivity index (χ0n) is 11.2. The van der Waals surface area contributed by atoms with Gasteiger partial charge in [0.2, 0.25) is 0 Å². The van der Waals surface area contributed by atoms with Crippen LogP contribution in [0.3, 0.4) is 0 Å². The highest BCUT2D eigenvalue weighted by Gasteiger charge is 2.34. The number of aliphatic carboxylic acids is 1. The van der Waals surface area contributed by atoms with Gasteiger partial charge in [0.15, 0.2) is 0 Å². The Labute approximate surface area is 109 Å². The molecule has 0 amide bonds. The van der Waals surface area contributed by atoms with Crippen molar-refractivity contribution in [2.24, 2.45) is 0 Å². The van der Waals surface area contributed by atoms with Crippen molar-refractivity contribution >= 4 is 5.97 Å². The van der Waals surface area contributed by atoms with E-state index in [0.29, 0.717) is 12.5 Å². The van der Waals surface area contributed by atoms with E-state index in [9.17, 15) is 9.90 Å². The van der Waals surface area contributed by atoms with Crippen LogP contribution >= 0.6 is 0 Å². The predicted octanol–water partition coefficient (Wildman–Crippen LogP) is 2.89. The van der Waals surface area contributed by atoms with Gasteiger partial charge in [-0.3, -0.25) is 5.32 Å².